The third kappa shape index (κ3) is 3.03. The number of rotatable bonds is 5. The number of fused-ring (bicyclic) bond motifs is 2. The van der Waals surface area contributed by atoms with Crippen LogP contribution in [0.5, 0.6) is 11.5 Å². The Bertz CT molecular complexity index is 1200. The molecule has 0 spiro atoms. The normalized spacial score (nSPS) is 11.5. The average Bonchev–Trinajstić information content (AvgIpc) is 3.15. The van der Waals surface area contributed by atoms with Gasteiger partial charge >= 0.3 is 0 Å². The molecule has 0 unspecified atom stereocenters. The Hall–Kier alpha value is -3.21. The molecular formula is C23H22O5. The molecular weight excluding hydrogens is 356 g/mol. The van der Waals surface area contributed by atoms with Gasteiger partial charge in [0.05, 0.1) is 18.8 Å². The Morgan fingerprint density at radius 1 is 1.04 bits per heavy atom. The summed E-state index contributed by atoms with van der Waals surface area (Å²) in [4.78, 5) is 12.6. The molecule has 0 saturated heterocycles. The predicted octanol–water partition coefficient (Wildman–Crippen LogP) is 5.56. The lowest BCUT2D eigenvalue weighted by molar-refractivity contribution is 0.303. The number of hydrogen-bond acceptors (Lipinski definition) is 5. The highest BCUT2D eigenvalue weighted by atomic mass is 16.5. The smallest absolute Gasteiger partial charge is 0.206 e. The van der Waals surface area contributed by atoms with E-state index in [1.54, 1.807) is 19.3 Å². The first-order valence-electron chi connectivity index (χ1n) is 9.23. The van der Waals surface area contributed by atoms with E-state index in [2.05, 4.69) is 26.0 Å². The standard InChI is InChI=1S/C23H22O5/c1-13(2)16-7-5-15(6-8-16)12-27-23-21-17(9-10-26-21)20(25-4)19-18(24)11-14(3)28-22(19)23/h5-11,13H,12H2,1-4H3. The summed E-state index contributed by atoms with van der Waals surface area (Å²) in [5.74, 6) is 1.81. The van der Waals surface area contributed by atoms with Crippen molar-refractivity contribution >= 4 is 21.9 Å². The highest BCUT2D eigenvalue weighted by molar-refractivity contribution is 6.06. The van der Waals surface area contributed by atoms with Gasteiger partial charge in [0.15, 0.2) is 16.6 Å². The van der Waals surface area contributed by atoms with Crippen LogP contribution in [0.1, 0.15) is 36.7 Å². The second-order valence-corrected chi connectivity index (χ2v) is 7.14. The summed E-state index contributed by atoms with van der Waals surface area (Å²) < 4.78 is 23.1. The number of aryl methyl sites for hydroxylation is 1. The summed E-state index contributed by atoms with van der Waals surface area (Å²) in [5, 5.41) is 1.03. The van der Waals surface area contributed by atoms with E-state index in [-0.39, 0.29) is 5.43 Å². The second kappa shape index (κ2) is 7.08. The fourth-order valence-corrected chi connectivity index (χ4v) is 3.38. The monoisotopic (exact) mass is 378 g/mol. The van der Waals surface area contributed by atoms with Crippen LogP contribution in [0.25, 0.3) is 21.9 Å². The highest BCUT2D eigenvalue weighted by Crippen LogP contribution is 2.42. The van der Waals surface area contributed by atoms with E-state index in [0.29, 0.717) is 51.7 Å². The molecule has 4 aromatic rings. The molecule has 2 heterocycles. The van der Waals surface area contributed by atoms with Gasteiger partial charge in [-0.3, -0.25) is 4.79 Å². The van der Waals surface area contributed by atoms with Crippen LogP contribution in [0.3, 0.4) is 0 Å². The van der Waals surface area contributed by atoms with Gasteiger partial charge in [0.2, 0.25) is 5.75 Å². The van der Waals surface area contributed by atoms with Gasteiger partial charge in [-0.15, -0.1) is 0 Å². The zero-order valence-corrected chi connectivity index (χ0v) is 16.4. The quantitative estimate of drug-likeness (QED) is 0.455. The van der Waals surface area contributed by atoms with Gasteiger partial charge in [-0.25, -0.2) is 0 Å². The number of ether oxygens (including phenoxy) is 2. The van der Waals surface area contributed by atoms with E-state index in [1.807, 2.05) is 12.1 Å². The summed E-state index contributed by atoms with van der Waals surface area (Å²) in [5.41, 5.74) is 2.95. The molecule has 0 aliphatic carbocycles. The van der Waals surface area contributed by atoms with Crippen LogP contribution in [0.2, 0.25) is 0 Å². The summed E-state index contributed by atoms with van der Waals surface area (Å²) in [6.45, 7) is 6.38. The van der Waals surface area contributed by atoms with E-state index in [4.69, 9.17) is 18.3 Å². The molecule has 4 rings (SSSR count). The fourth-order valence-electron chi connectivity index (χ4n) is 3.38. The minimum atomic E-state index is -0.176. The molecule has 0 atom stereocenters. The molecule has 0 aliphatic heterocycles. The van der Waals surface area contributed by atoms with Gasteiger partial charge in [-0.05, 0) is 30.0 Å². The Morgan fingerprint density at radius 3 is 2.46 bits per heavy atom. The Labute approximate surface area is 162 Å². The lowest BCUT2D eigenvalue weighted by Gasteiger charge is -2.13. The maximum absolute atomic E-state index is 12.6. The molecule has 0 fully saturated rings. The first kappa shape index (κ1) is 18.2. The number of methoxy groups -OCH3 is 1. The Balaban J connectivity index is 1.83. The van der Waals surface area contributed by atoms with Crippen LogP contribution in [-0.4, -0.2) is 7.11 Å². The molecule has 144 valence electrons. The number of furan rings is 1. The van der Waals surface area contributed by atoms with Gasteiger partial charge < -0.3 is 18.3 Å². The van der Waals surface area contributed by atoms with E-state index in [0.717, 1.165) is 5.56 Å². The maximum Gasteiger partial charge on any atom is 0.206 e. The third-order valence-corrected chi connectivity index (χ3v) is 4.85. The van der Waals surface area contributed by atoms with Crippen molar-refractivity contribution in [2.24, 2.45) is 0 Å². The minimum absolute atomic E-state index is 0.176. The molecule has 0 saturated carbocycles. The van der Waals surface area contributed by atoms with Gasteiger partial charge in [-0.1, -0.05) is 38.1 Å². The summed E-state index contributed by atoms with van der Waals surface area (Å²) in [6, 6.07) is 11.5. The second-order valence-electron chi connectivity index (χ2n) is 7.14. The van der Waals surface area contributed by atoms with Crippen LogP contribution in [-0.2, 0) is 6.61 Å². The van der Waals surface area contributed by atoms with Crippen molar-refractivity contribution in [2.75, 3.05) is 7.11 Å². The van der Waals surface area contributed by atoms with Crippen molar-refractivity contribution in [1.29, 1.82) is 0 Å². The van der Waals surface area contributed by atoms with Crippen molar-refractivity contribution in [3.05, 3.63) is 69.8 Å². The van der Waals surface area contributed by atoms with Gasteiger partial charge in [-0.2, -0.15) is 0 Å². The molecule has 5 nitrogen and oxygen atoms in total. The van der Waals surface area contributed by atoms with E-state index < -0.39 is 0 Å². The fraction of sp³-hybridized carbons (Fsp3) is 0.261. The van der Waals surface area contributed by atoms with Crippen molar-refractivity contribution in [2.45, 2.75) is 33.3 Å². The number of benzene rings is 2. The molecule has 0 aliphatic rings. The molecule has 28 heavy (non-hydrogen) atoms. The molecule has 2 aromatic heterocycles. The summed E-state index contributed by atoms with van der Waals surface area (Å²) in [7, 11) is 1.53. The molecule has 2 aromatic carbocycles. The van der Waals surface area contributed by atoms with E-state index in [9.17, 15) is 4.79 Å². The molecule has 0 radical (unpaired) electrons. The van der Waals surface area contributed by atoms with Crippen LogP contribution in [0.4, 0.5) is 0 Å². The lowest BCUT2D eigenvalue weighted by Crippen LogP contribution is -2.05. The molecule has 0 amide bonds. The lowest BCUT2D eigenvalue weighted by atomic mass is 10.0. The summed E-state index contributed by atoms with van der Waals surface area (Å²) in [6.07, 6.45) is 1.55. The van der Waals surface area contributed by atoms with Crippen LogP contribution >= 0.6 is 0 Å². The van der Waals surface area contributed by atoms with Gasteiger partial charge in [0.1, 0.15) is 23.5 Å². The Kier molecular flexibility index (Phi) is 4.59. The van der Waals surface area contributed by atoms with Crippen LogP contribution in [0, 0.1) is 6.92 Å². The van der Waals surface area contributed by atoms with Crippen molar-refractivity contribution in [1.82, 2.24) is 0 Å². The largest absolute Gasteiger partial charge is 0.495 e. The van der Waals surface area contributed by atoms with E-state index >= 15 is 0 Å². The zero-order chi connectivity index (χ0) is 19.8. The van der Waals surface area contributed by atoms with Gasteiger partial charge in [0, 0.05) is 6.07 Å². The highest BCUT2D eigenvalue weighted by Gasteiger charge is 2.23. The predicted molar refractivity (Wildman–Crippen MR) is 108 cm³/mol. The topological polar surface area (TPSA) is 61.8 Å². The SMILES string of the molecule is COc1c2ccoc2c(OCc2ccc(C(C)C)cc2)c2oc(C)cc(=O)c12. The molecule has 5 heteroatoms. The Morgan fingerprint density at radius 2 is 1.79 bits per heavy atom. The molecule has 0 N–H and O–H groups in total. The van der Waals surface area contributed by atoms with E-state index in [1.165, 1.54) is 18.7 Å². The first-order valence-corrected chi connectivity index (χ1v) is 9.23. The van der Waals surface area contributed by atoms with Crippen molar-refractivity contribution in [3.63, 3.8) is 0 Å². The summed E-state index contributed by atoms with van der Waals surface area (Å²) >= 11 is 0. The molecule has 0 bridgehead atoms. The van der Waals surface area contributed by atoms with Crippen LogP contribution in [0.15, 0.2) is 56.3 Å². The van der Waals surface area contributed by atoms with Crippen LogP contribution < -0.4 is 14.9 Å². The zero-order valence-electron chi connectivity index (χ0n) is 16.4. The van der Waals surface area contributed by atoms with Crippen molar-refractivity contribution in [3.8, 4) is 11.5 Å². The third-order valence-electron chi connectivity index (χ3n) is 4.85. The minimum Gasteiger partial charge on any atom is -0.495 e. The first-order chi connectivity index (χ1) is 13.5. The average molecular weight is 378 g/mol. The van der Waals surface area contributed by atoms with Crippen molar-refractivity contribution < 1.29 is 18.3 Å². The van der Waals surface area contributed by atoms with Gasteiger partial charge in [0.25, 0.3) is 0 Å². The maximum atomic E-state index is 12.6. The number of hydrogen-bond donors (Lipinski definition) is 0.